The Bertz CT molecular complexity index is 991. The zero-order chi connectivity index (χ0) is 23.3. The number of rotatable bonds is 12. The van der Waals surface area contributed by atoms with Crippen molar-refractivity contribution in [2.45, 2.75) is 40.3 Å². The van der Waals surface area contributed by atoms with E-state index in [9.17, 15) is 0 Å². The minimum Gasteiger partial charge on any atom is -0.490 e. The Morgan fingerprint density at radius 2 is 1.62 bits per heavy atom. The van der Waals surface area contributed by atoms with Gasteiger partial charge in [0, 0.05) is 32.0 Å². The Kier molecular flexibility index (Phi) is 12.3. The van der Waals surface area contributed by atoms with Gasteiger partial charge in [0.25, 0.3) is 0 Å². The molecule has 1 heterocycles. The van der Waals surface area contributed by atoms with Gasteiger partial charge in [0.05, 0.1) is 26.1 Å². The summed E-state index contributed by atoms with van der Waals surface area (Å²) in [7, 11) is 0. The van der Waals surface area contributed by atoms with Gasteiger partial charge in [0.1, 0.15) is 0 Å². The maximum atomic E-state index is 5.74. The summed E-state index contributed by atoms with van der Waals surface area (Å²) in [5.41, 5.74) is 3.61. The molecule has 2 aromatic carbocycles. The van der Waals surface area contributed by atoms with Crippen LogP contribution in [0.4, 0.5) is 0 Å². The zero-order valence-electron chi connectivity index (χ0n) is 20.3. The molecular formula is C26H36IN5O2. The van der Waals surface area contributed by atoms with E-state index in [1.807, 2.05) is 32.4 Å². The Morgan fingerprint density at radius 3 is 2.29 bits per heavy atom. The first kappa shape index (κ1) is 27.5. The van der Waals surface area contributed by atoms with Crippen molar-refractivity contribution in [3.63, 3.8) is 0 Å². The first-order valence-corrected chi connectivity index (χ1v) is 11.7. The highest BCUT2D eigenvalue weighted by molar-refractivity contribution is 14.0. The smallest absolute Gasteiger partial charge is 0.191 e. The minimum atomic E-state index is 0. The van der Waals surface area contributed by atoms with Crippen LogP contribution in [0.3, 0.4) is 0 Å². The number of aromatic nitrogens is 2. The molecule has 0 aliphatic carbocycles. The largest absolute Gasteiger partial charge is 0.490 e. The number of hydrogen-bond acceptors (Lipinski definition) is 4. The Labute approximate surface area is 220 Å². The first-order chi connectivity index (χ1) is 16.2. The van der Waals surface area contributed by atoms with Crippen molar-refractivity contribution in [3.8, 4) is 11.5 Å². The molecule has 0 spiro atoms. The van der Waals surface area contributed by atoms with Crippen LogP contribution in [0.25, 0.3) is 0 Å². The van der Waals surface area contributed by atoms with Gasteiger partial charge in [-0.15, -0.1) is 24.0 Å². The quantitative estimate of drug-likeness (QED) is 0.187. The Balaban J connectivity index is 0.00000408. The van der Waals surface area contributed by atoms with E-state index < -0.39 is 0 Å². The monoisotopic (exact) mass is 577 g/mol. The van der Waals surface area contributed by atoms with E-state index in [0.29, 0.717) is 19.8 Å². The van der Waals surface area contributed by atoms with Gasteiger partial charge < -0.3 is 24.7 Å². The van der Waals surface area contributed by atoms with Crippen LogP contribution < -0.4 is 20.1 Å². The van der Waals surface area contributed by atoms with Crippen molar-refractivity contribution in [2.24, 2.45) is 4.99 Å². The molecule has 0 saturated carbocycles. The number of nitrogens with zero attached hydrogens (tertiary/aromatic N) is 3. The number of halogens is 1. The van der Waals surface area contributed by atoms with Crippen LogP contribution in [0.5, 0.6) is 11.5 Å². The molecular weight excluding hydrogens is 541 g/mol. The van der Waals surface area contributed by atoms with Crippen LogP contribution in [-0.4, -0.2) is 41.8 Å². The second kappa shape index (κ2) is 15.2. The molecule has 1 aromatic heterocycles. The molecule has 2 N–H and O–H groups in total. The van der Waals surface area contributed by atoms with E-state index in [0.717, 1.165) is 43.5 Å². The van der Waals surface area contributed by atoms with Gasteiger partial charge in [-0.2, -0.15) is 0 Å². The molecule has 3 aromatic rings. The lowest BCUT2D eigenvalue weighted by atomic mass is 10.1. The van der Waals surface area contributed by atoms with Gasteiger partial charge in [0.2, 0.25) is 0 Å². The first-order valence-electron chi connectivity index (χ1n) is 11.7. The number of imidazole rings is 1. The second-order valence-corrected chi connectivity index (χ2v) is 7.57. The summed E-state index contributed by atoms with van der Waals surface area (Å²) in [5.74, 6) is 2.41. The predicted molar refractivity (Wildman–Crippen MR) is 148 cm³/mol. The van der Waals surface area contributed by atoms with Crippen molar-refractivity contribution in [1.82, 2.24) is 20.2 Å². The lowest BCUT2D eigenvalue weighted by molar-refractivity contribution is 0.287. The van der Waals surface area contributed by atoms with Crippen LogP contribution >= 0.6 is 24.0 Å². The van der Waals surface area contributed by atoms with Gasteiger partial charge in [-0.3, -0.25) is 0 Å². The third-order valence-corrected chi connectivity index (χ3v) is 5.03. The summed E-state index contributed by atoms with van der Waals surface area (Å²) in [4.78, 5) is 8.83. The molecule has 0 unspecified atom stereocenters. The van der Waals surface area contributed by atoms with Crippen molar-refractivity contribution < 1.29 is 9.47 Å². The average molecular weight is 578 g/mol. The summed E-state index contributed by atoms with van der Waals surface area (Å²) < 4.78 is 13.4. The van der Waals surface area contributed by atoms with E-state index in [-0.39, 0.29) is 24.0 Å². The van der Waals surface area contributed by atoms with Crippen molar-refractivity contribution in [1.29, 1.82) is 0 Å². The molecule has 0 saturated heterocycles. The molecule has 7 nitrogen and oxygen atoms in total. The zero-order valence-corrected chi connectivity index (χ0v) is 22.6. The fourth-order valence-electron chi connectivity index (χ4n) is 3.43. The third-order valence-electron chi connectivity index (χ3n) is 5.03. The fraction of sp³-hybridized carbons (Fsp3) is 0.385. The summed E-state index contributed by atoms with van der Waals surface area (Å²) in [6.07, 6.45) is 6.46. The molecule has 0 atom stereocenters. The highest BCUT2D eigenvalue weighted by Crippen LogP contribution is 2.28. The number of aliphatic imine (C=N–C) groups is 1. The summed E-state index contributed by atoms with van der Waals surface area (Å²) in [6.45, 7) is 10.3. The molecule has 0 fully saturated rings. The lowest BCUT2D eigenvalue weighted by Crippen LogP contribution is -2.38. The third kappa shape index (κ3) is 8.89. The molecule has 0 amide bonds. The molecule has 8 heteroatoms. The van der Waals surface area contributed by atoms with E-state index in [1.54, 1.807) is 6.20 Å². The van der Waals surface area contributed by atoms with Crippen LogP contribution in [0.15, 0.2) is 66.2 Å². The fourth-order valence-corrected chi connectivity index (χ4v) is 3.43. The van der Waals surface area contributed by atoms with E-state index in [4.69, 9.17) is 14.5 Å². The van der Waals surface area contributed by atoms with E-state index in [2.05, 4.69) is 63.5 Å². The second-order valence-electron chi connectivity index (χ2n) is 7.57. The number of guanidine groups is 1. The van der Waals surface area contributed by atoms with Gasteiger partial charge in [0.15, 0.2) is 17.5 Å². The standard InChI is InChI=1S/C26H35N5O2.HI/c1-4-28-26(29-14-13-21-11-12-24(32-5-2)25(17-21)33-6-3)30-18-22-7-9-23(10-8-22)19-31-16-15-27-20-31;/h7-12,15-17,20H,4-6,13-14,18-19H2,1-3H3,(H2,28,29,30);1H. The van der Waals surface area contributed by atoms with Crippen LogP contribution in [0.2, 0.25) is 0 Å². The lowest BCUT2D eigenvalue weighted by Gasteiger charge is -2.14. The van der Waals surface area contributed by atoms with Crippen molar-refractivity contribution >= 4 is 29.9 Å². The maximum absolute atomic E-state index is 5.74. The Morgan fingerprint density at radius 1 is 0.912 bits per heavy atom. The van der Waals surface area contributed by atoms with Crippen LogP contribution in [0, 0.1) is 0 Å². The summed E-state index contributed by atoms with van der Waals surface area (Å²) >= 11 is 0. The minimum absolute atomic E-state index is 0. The van der Waals surface area contributed by atoms with Gasteiger partial charge >= 0.3 is 0 Å². The molecule has 0 bridgehead atoms. The molecule has 34 heavy (non-hydrogen) atoms. The predicted octanol–water partition coefficient (Wildman–Crippen LogP) is 4.64. The molecule has 184 valence electrons. The highest BCUT2D eigenvalue weighted by atomic mass is 127. The SMILES string of the molecule is CCNC(=NCc1ccc(Cn2ccnc2)cc1)NCCc1ccc(OCC)c(OCC)c1.I. The van der Waals surface area contributed by atoms with Gasteiger partial charge in [-0.25, -0.2) is 9.98 Å². The number of nitrogens with one attached hydrogen (secondary N) is 2. The van der Waals surface area contributed by atoms with Gasteiger partial charge in [-0.1, -0.05) is 30.3 Å². The van der Waals surface area contributed by atoms with Gasteiger partial charge in [-0.05, 0) is 56.0 Å². The Hall–Kier alpha value is -2.75. The number of ether oxygens (including phenoxy) is 2. The normalized spacial score (nSPS) is 11.0. The molecule has 0 aliphatic heterocycles. The number of benzene rings is 2. The number of hydrogen-bond donors (Lipinski definition) is 2. The highest BCUT2D eigenvalue weighted by Gasteiger charge is 2.07. The molecule has 0 radical (unpaired) electrons. The van der Waals surface area contributed by atoms with Crippen LogP contribution in [-0.2, 0) is 19.5 Å². The maximum Gasteiger partial charge on any atom is 0.191 e. The van der Waals surface area contributed by atoms with Crippen LogP contribution in [0.1, 0.15) is 37.5 Å². The summed E-state index contributed by atoms with van der Waals surface area (Å²) in [6, 6.07) is 14.7. The topological polar surface area (TPSA) is 72.7 Å². The molecule has 0 aliphatic rings. The summed E-state index contributed by atoms with van der Waals surface area (Å²) in [5, 5.41) is 6.75. The van der Waals surface area contributed by atoms with Crippen molar-refractivity contribution in [3.05, 3.63) is 77.9 Å². The molecule has 3 rings (SSSR count). The van der Waals surface area contributed by atoms with E-state index >= 15 is 0 Å². The van der Waals surface area contributed by atoms with Crippen molar-refractivity contribution in [2.75, 3.05) is 26.3 Å². The average Bonchev–Trinajstić information content (AvgIpc) is 3.33. The van der Waals surface area contributed by atoms with E-state index in [1.165, 1.54) is 16.7 Å².